The van der Waals surface area contributed by atoms with E-state index in [2.05, 4.69) is 47.2 Å². The third kappa shape index (κ3) is 5.70. The van der Waals surface area contributed by atoms with E-state index in [1.54, 1.807) is 0 Å². The van der Waals surface area contributed by atoms with Crippen LogP contribution in [0, 0.1) is 0 Å². The van der Waals surface area contributed by atoms with Crippen LogP contribution in [0.5, 0.6) is 0 Å². The molecular weight excluding hydrogens is 326 g/mol. The molecule has 0 aliphatic carbocycles. The Bertz CT molecular complexity index is 694. The highest BCUT2D eigenvalue weighted by atomic mass is 16.3. The first-order chi connectivity index (χ1) is 12.5. The summed E-state index contributed by atoms with van der Waals surface area (Å²) in [6.07, 6.45) is 3.77. The highest BCUT2D eigenvalue weighted by Crippen LogP contribution is 2.18. The van der Waals surface area contributed by atoms with Crippen molar-refractivity contribution < 1.29 is 9.21 Å². The van der Waals surface area contributed by atoms with Gasteiger partial charge in [0.05, 0.1) is 0 Å². The van der Waals surface area contributed by atoms with Gasteiger partial charge in [-0.25, -0.2) is 4.98 Å². The van der Waals surface area contributed by atoms with Gasteiger partial charge in [-0.1, -0.05) is 58.4 Å². The Balaban J connectivity index is 1.95. The molecule has 2 rings (SSSR count). The number of hydrogen-bond acceptors (Lipinski definition) is 4. The van der Waals surface area contributed by atoms with Crippen molar-refractivity contribution in [1.82, 2.24) is 15.2 Å². The minimum Gasteiger partial charge on any atom is -0.447 e. The third-order valence-corrected chi connectivity index (χ3v) is 4.46. The van der Waals surface area contributed by atoms with Crippen LogP contribution in [0.1, 0.15) is 73.8 Å². The van der Waals surface area contributed by atoms with Gasteiger partial charge in [-0.3, -0.25) is 9.69 Å². The number of hydrogen-bond donors (Lipinski definition) is 1. The summed E-state index contributed by atoms with van der Waals surface area (Å²) in [5.41, 5.74) is 2.75. The van der Waals surface area contributed by atoms with E-state index in [4.69, 9.17) is 4.42 Å². The first-order valence-electron chi connectivity index (χ1n) is 9.56. The SMILES string of the molecule is CCCCN(CC)Cc1cccc(CNC(=O)c2ncoc2C(C)C)c1. The molecule has 0 radical (unpaired) electrons. The summed E-state index contributed by atoms with van der Waals surface area (Å²) in [5, 5.41) is 2.95. The van der Waals surface area contributed by atoms with Gasteiger partial charge in [0.25, 0.3) is 5.91 Å². The monoisotopic (exact) mass is 357 g/mol. The molecule has 26 heavy (non-hydrogen) atoms. The van der Waals surface area contributed by atoms with Gasteiger partial charge in [-0.2, -0.15) is 0 Å². The molecule has 0 aliphatic rings. The van der Waals surface area contributed by atoms with Crippen molar-refractivity contribution in [3.8, 4) is 0 Å². The zero-order valence-corrected chi connectivity index (χ0v) is 16.4. The first kappa shape index (κ1) is 20.2. The molecule has 1 aromatic carbocycles. The number of oxazole rings is 1. The van der Waals surface area contributed by atoms with E-state index < -0.39 is 0 Å². The van der Waals surface area contributed by atoms with Gasteiger partial charge in [-0.05, 0) is 30.6 Å². The maximum absolute atomic E-state index is 12.4. The van der Waals surface area contributed by atoms with Crippen molar-refractivity contribution in [2.24, 2.45) is 0 Å². The minimum absolute atomic E-state index is 0.129. The second-order valence-electron chi connectivity index (χ2n) is 6.94. The molecule has 1 N–H and O–H groups in total. The number of carbonyl (C=O) groups is 1. The summed E-state index contributed by atoms with van der Waals surface area (Å²) < 4.78 is 5.33. The van der Waals surface area contributed by atoms with E-state index in [-0.39, 0.29) is 11.8 Å². The molecule has 142 valence electrons. The number of benzene rings is 1. The van der Waals surface area contributed by atoms with E-state index >= 15 is 0 Å². The van der Waals surface area contributed by atoms with Crippen LogP contribution in [-0.4, -0.2) is 28.9 Å². The molecule has 0 fully saturated rings. The summed E-state index contributed by atoms with van der Waals surface area (Å²) in [5.74, 6) is 0.571. The van der Waals surface area contributed by atoms with Crippen molar-refractivity contribution in [2.45, 2.75) is 59.5 Å². The van der Waals surface area contributed by atoms with Crippen LogP contribution in [-0.2, 0) is 13.1 Å². The molecule has 0 bridgehead atoms. The van der Waals surface area contributed by atoms with Crippen molar-refractivity contribution in [3.05, 3.63) is 53.2 Å². The average molecular weight is 357 g/mol. The number of amides is 1. The molecule has 0 saturated heterocycles. The fourth-order valence-electron chi connectivity index (χ4n) is 2.93. The molecule has 1 amide bonds. The van der Waals surface area contributed by atoms with Gasteiger partial charge < -0.3 is 9.73 Å². The smallest absolute Gasteiger partial charge is 0.273 e. The third-order valence-electron chi connectivity index (χ3n) is 4.46. The lowest BCUT2D eigenvalue weighted by Crippen LogP contribution is -2.25. The number of nitrogens with zero attached hydrogens (tertiary/aromatic N) is 2. The fraction of sp³-hybridized carbons (Fsp3) is 0.524. The van der Waals surface area contributed by atoms with Crippen LogP contribution < -0.4 is 5.32 Å². The van der Waals surface area contributed by atoms with Crippen LogP contribution in [0.25, 0.3) is 0 Å². The van der Waals surface area contributed by atoms with Gasteiger partial charge in [0, 0.05) is 19.0 Å². The Kier molecular flexibility index (Phi) is 7.85. The molecule has 0 unspecified atom stereocenters. The van der Waals surface area contributed by atoms with Crippen molar-refractivity contribution in [1.29, 1.82) is 0 Å². The number of unbranched alkanes of at least 4 members (excludes halogenated alkanes) is 1. The molecule has 1 heterocycles. The molecule has 0 spiro atoms. The van der Waals surface area contributed by atoms with E-state index in [0.717, 1.165) is 25.2 Å². The van der Waals surface area contributed by atoms with Gasteiger partial charge in [-0.15, -0.1) is 0 Å². The van der Waals surface area contributed by atoms with Crippen LogP contribution in [0.2, 0.25) is 0 Å². The first-order valence-corrected chi connectivity index (χ1v) is 9.56. The summed E-state index contributed by atoms with van der Waals surface area (Å²) in [4.78, 5) is 18.9. The summed E-state index contributed by atoms with van der Waals surface area (Å²) in [7, 11) is 0. The van der Waals surface area contributed by atoms with E-state index in [0.29, 0.717) is 18.0 Å². The lowest BCUT2D eigenvalue weighted by molar-refractivity contribution is 0.0944. The Morgan fingerprint density at radius 1 is 1.27 bits per heavy atom. The minimum atomic E-state index is -0.189. The van der Waals surface area contributed by atoms with Crippen molar-refractivity contribution in [3.63, 3.8) is 0 Å². The molecule has 0 saturated carbocycles. The van der Waals surface area contributed by atoms with E-state index in [1.165, 1.54) is 24.8 Å². The van der Waals surface area contributed by atoms with Crippen molar-refractivity contribution >= 4 is 5.91 Å². The Morgan fingerprint density at radius 3 is 2.73 bits per heavy atom. The predicted molar refractivity (Wildman–Crippen MR) is 104 cm³/mol. The quantitative estimate of drug-likeness (QED) is 0.687. The molecule has 5 heteroatoms. The molecular formula is C21H31N3O2. The lowest BCUT2D eigenvalue weighted by atomic mass is 10.1. The molecule has 0 aliphatic heterocycles. The maximum Gasteiger partial charge on any atom is 0.273 e. The fourth-order valence-corrected chi connectivity index (χ4v) is 2.93. The van der Waals surface area contributed by atoms with E-state index in [9.17, 15) is 4.79 Å². The lowest BCUT2D eigenvalue weighted by Gasteiger charge is -2.20. The summed E-state index contributed by atoms with van der Waals surface area (Å²) in [6.45, 7) is 12.0. The van der Waals surface area contributed by atoms with E-state index in [1.807, 2.05) is 19.9 Å². The summed E-state index contributed by atoms with van der Waals surface area (Å²) in [6, 6.07) is 8.41. The molecule has 0 atom stereocenters. The second-order valence-corrected chi connectivity index (χ2v) is 6.94. The van der Waals surface area contributed by atoms with Gasteiger partial charge in [0.15, 0.2) is 12.1 Å². The average Bonchev–Trinajstić information content (AvgIpc) is 3.13. The van der Waals surface area contributed by atoms with Gasteiger partial charge in [0.1, 0.15) is 5.76 Å². The highest BCUT2D eigenvalue weighted by Gasteiger charge is 2.18. The van der Waals surface area contributed by atoms with Crippen LogP contribution in [0.4, 0.5) is 0 Å². The number of carbonyl (C=O) groups excluding carboxylic acids is 1. The molecule has 5 nitrogen and oxygen atoms in total. The van der Waals surface area contributed by atoms with Crippen LogP contribution in [0.3, 0.4) is 0 Å². The number of aromatic nitrogens is 1. The number of nitrogens with one attached hydrogen (secondary N) is 1. The summed E-state index contributed by atoms with van der Waals surface area (Å²) >= 11 is 0. The Morgan fingerprint density at radius 2 is 2.04 bits per heavy atom. The second kappa shape index (κ2) is 10.1. The Hall–Kier alpha value is -2.14. The van der Waals surface area contributed by atoms with Gasteiger partial charge in [0.2, 0.25) is 0 Å². The maximum atomic E-state index is 12.4. The van der Waals surface area contributed by atoms with Crippen LogP contribution >= 0.6 is 0 Å². The number of rotatable bonds is 10. The highest BCUT2D eigenvalue weighted by molar-refractivity contribution is 5.93. The predicted octanol–water partition coefficient (Wildman–Crippen LogP) is 4.35. The zero-order chi connectivity index (χ0) is 18.9. The zero-order valence-electron chi connectivity index (χ0n) is 16.4. The van der Waals surface area contributed by atoms with Gasteiger partial charge >= 0.3 is 0 Å². The van der Waals surface area contributed by atoms with Crippen LogP contribution in [0.15, 0.2) is 35.1 Å². The Labute approximate surface area is 156 Å². The largest absolute Gasteiger partial charge is 0.447 e. The topological polar surface area (TPSA) is 58.4 Å². The standard InChI is InChI=1S/C21H31N3O2/c1-5-7-11-24(6-2)14-18-10-8-9-17(12-18)13-22-21(25)19-20(16(3)4)26-15-23-19/h8-10,12,15-16H,5-7,11,13-14H2,1-4H3,(H,22,25). The molecule has 2 aromatic rings. The molecule has 1 aromatic heterocycles. The normalized spacial score (nSPS) is 11.3. The van der Waals surface area contributed by atoms with Crippen molar-refractivity contribution in [2.75, 3.05) is 13.1 Å².